The van der Waals surface area contributed by atoms with Crippen molar-refractivity contribution >= 4 is 14.6 Å². The Morgan fingerprint density at radius 1 is 1.05 bits per heavy atom. The second-order valence-electron chi connectivity index (χ2n) is 5.42. The van der Waals surface area contributed by atoms with E-state index in [4.69, 9.17) is 8.85 Å². The Morgan fingerprint density at radius 3 is 2.00 bits per heavy atom. The molecule has 0 unspecified atom stereocenters. The molecule has 112 valence electrons. The molecule has 0 N–H and O–H groups in total. The van der Waals surface area contributed by atoms with Crippen LogP contribution in [0.3, 0.4) is 0 Å². The molecule has 0 heterocycles. The maximum Gasteiger partial charge on any atom is 0.338 e. The third-order valence-corrected chi connectivity index (χ3v) is 6.74. The topological polar surface area (TPSA) is 47.9 Å². The van der Waals surface area contributed by atoms with E-state index < -0.39 is 8.56 Å². The predicted octanol–water partition coefficient (Wildman–Crippen LogP) is 3.80. The lowest BCUT2D eigenvalue weighted by Crippen LogP contribution is -2.46. The highest BCUT2D eigenvalue weighted by Gasteiger charge is 2.38. The van der Waals surface area contributed by atoms with Crippen molar-refractivity contribution in [2.45, 2.75) is 78.2 Å². The van der Waals surface area contributed by atoms with Crippen LogP contribution in [0, 0.1) is 0 Å². The summed E-state index contributed by atoms with van der Waals surface area (Å²) in [7, 11) is -2.18. The van der Waals surface area contributed by atoms with Gasteiger partial charge in [-0.1, -0.05) is 19.8 Å². The average Bonchev–Trinajstić information content (AvgIpc) is 2.30. The van der Waals surface area contributed by atoms with Gasteiger partial charge in [0, 0.05) is 12.2 Å². The minimum atomic E-state index is -2.18. The number of isocyanates is 1. The molecule has 0 aliphatic heterocycles. The third kappa shape index (κ3) is 9.11. The number of nitrogens with zero attached hydrogens (tertiary/aromatic N) is 1. The van der Waals surface area contributed by atoms with Gasteiger partial charge >= 0.3 is 8.56 Å². The van der Waals surface area contributed by atoms with Crippen molar-refractivity contribution in [2.75, 3.05) is 6.54 Å². The zero-order chi connectivity index (χ0) is 14.7. The minimum absolute atomic E-state index is 0.178. The average molecular weight is 287 g/mol. The van der Waals surface area contributed by atoms with E-state index >= 15 is 0 Å². The molecular formula is C14H29NO3Si. The first kappa shape index (κ1) is 18.5. The lowest BCUT2D eigenvalue weighted by atomic mass is 10.4. The molecule has 0 bridgehead atoms. The van der Waals surface area contributed by atoms with Gasteiger partial charge in [-0.15, -0.1) is 0 Å². The van der Waals surface area contributed by atoms with E-state index in [0.717, 1.165) is 31.4 Å². The van der Waals surface area contributed by atoms with E-state index in [1.165, 1.54) is 0 Å². The van der Waals surface area contributed by atoms with Crippen LogP contribution in [0.25, 0.3) is 0 Å². The Hall–Kier alpha value is -0.483. The molecule has 0 spiro atoms. The maximum absolute atomic E-state index is 10.1. The monoisotopic (exact) mass is 287 g/mol. The summed E-state index contributed by atoms with van der Waals surface area (Å²) < 4.78 is 12.4. The number of hydrogen-bond acceptors (Lipinski definition) is 4. The third-order valence-electron chi connectivity index (χ3n) is 2.70. The summed E-state index contributed by atoms with van der Waals surface area (Å²) in [4.78, 5) is 13.7. The zero-order valence-corrected chi connectivity index (χ0v) is 14.1. The molecule has 0 fully saturated rings. The largest absolute Gasteiger partial charge is 0.392 e. The molecule has 19 heavy (non-hydrogen) atoms. The van der Waals surface area contributed by atoms with Crippen molar-refractivity contribution in [3.8, 4) is 0 Å². The fourth-order valence-corrected chi connectivity index (χ4v) is 6.25. The van der Waals surface area contributed by atoms with Gasteiger partial charge in [0.25, 0.3) is 0 Å². The molecule has 0 amide bonds. The van der Waals surface area contributed by atoms with Crippen molar-refractivity contribution in [2.24, 2.45) is 4.99 Å². The molecule has 4 nitrogen and oxygen atoms in total. The SMILES string of the molecule is CCCC[Si](CCCN=C=O)(OC(C)C)OC(C)C. The summed E-state index contributed by atoms with van der Waals surface area (Å²) in [5.41, 5.74) is 0. The van der Waals surface area contributed by atoms with Crippen molar-refractivity contribution in [1.82, 2.24) is 0 Å². The number of unbranched alkanes of at least 4 members (excludes halogenated alkanes) is 1. The second kappa shape index (κ2) is 10.3. The van der Waals surface area contributed by atoms with Crippen LogP contribution in [-0.2, 0) is 13.6 Å². The molecule has 0 aliphatic rings. The van der Waals surface area contributed by atoms with E-state index in [1.54, 1.807) is 6.08 Å². The van der Waals surface area contributed by atoms with E-state index in [9.17, 15) is 4.79 Å². The van der Waals surface area contributed by atoms with Gasteiger partial charge in [-0.2, -0.15) is 0 Å². The molecular weight excluding hydrogens is 258 g/mol. The second-order valence-corrected chi connectivity index (χ2v) is 8.72. The molecule has 5 heteroatoms. The van der Waals surface area contributed by atoms with Crippen molar-refractivity contribution in [3.05, 3.63) is 0 Å². The quantitative estimate of drug-likeness (QED) is 0.251. The molecule has 0 atom stereocenters. The smallest absolute Gasteiger partial charge is 0.338 e. The highest BCUT2D eigenvalue weighted by atomic mass is 28.4. The fraction of sp³-hybridized carbons (Fsp3) is 0.929. The highest BCUT2D eigenvalue weighted by molar-refractivity contribution is 6.67. The van der Waals surface area contributed by atoms with Gasteiger partial charge in [0.15, 0.2) is 0 Å². The standard InChI is InChI=1S/C14H29NO3Si/c1-6-7-10-19(17-13(2)3,18-14(4)5)11-8-9-15-12-16/h13-14H,6-11H2,1-5H3. The molecule has 0 saturated heterocycles. The van der Waals surface area contributed by atoms with Crippen LogP contribution in [0.5, 0.6) is 0 Å². The van der Waals surface area contributed by atoms with Crippen LogP contribution >= 0.6 is 0 Å². The zero-order valence-electron chi connectivity index (χ0n) is 13.1. The van der Waals surface area contributed by atoms with Crippen molar-refractivity contribution in [1.29, 1.82) is 0 Å². The molecule has 0 aliphatic carbocycles. The van der Waals surface area contributed by atoms with E-state index in [-0.39, 0.29) is 12.2 Å². The number of aliphatic imine (C=N–C) groups is 1. The van der Waals surface area contributed by atoms with Crippen LogP contribution in [0.2, 0.25) is 12.1 Å². The van der Waals surface area contributed by atoms with Gasteiger partial charge < -0.3 is 8.85 Å². The summed E-state index contributed by atoms with van der Waals surface area (Å²) in [5, 5.41) is 0. The highest BCUT2D eigenvalue weighted by Crippen LogP contribution is 2.27. The Kier molecular flexibility index (Phi) is 10.1. The summed E-state index contributed by atoms with van der Waals surface area (Å²) >= 11 is 0. The Bertz CT molecular complexity index is 266. The van der Waals surface area contributed by atoms with Crippen LogP contribution < -0.4 is 0 Å². The number of rotatable bonds is 11. The number of carbonyl (C=O) groups excluding carboxylic acids is 1. The maximum atomic E-state index is 10.1. The first-order valence-corrected chi connectivity index (χ1v) is 9.58. The molecule has 0 aromatic heterocycles. The van der Waals surface area contributed by atoms with E-state index in [0.29, 0.717) is 6.54 Å². The van der Waals surface area contributed by atoms with Gasteiger partial charge in [-0.3, -0.25) is 0 Å². The van der Waals surface area contributed by atoms with E-state index in [2.05, 4.69) is 39.6 Å². The lowest BCUT2D eigenvalue weighted by Gasteiger charge is -2.34. The van der Waals surface area contributed by atoms with Crippen LogP contribution in [0.15, 0.2) is 4.99 Å². The summed E-state index contributed by atoms with van der Waals surface area (Å²) in [6.07, 6.45) is 5.05. The van der Waals surface area contributed by atoms with Gasteiger partial charge in [0.1, 0.15) is 0 Å². The molecule has 0 saturated carbocycles. The predicted molar refractivity (Wildman–Crippen MR) is 80.3 cm³/mol. The summed E-state index contributed by atoms with van der Waals surface area (Å²) in [5.74, 6) is 0. The van der Waals surface area contributed by atoms with Crippen LogP contribution in [0.1, 0.15) is 53.9 Å². The van der Waals surface area contributed by atoms with E-state index in [1.807, 2.05) is 0 Å². The summed E-state index contributed by atoms with van der Waals surface area (Å²) in [6, 6.07) is 1.92. The van der Waals surface area contributed by atoms with Crippen molar-refractivity contribution < 1.29 is 13.6 Å². The lowest BCUT2D eigenvalue weighted by molar-refractivity contribution is 0.103. The van der Waals surface area contributed by atoms with Gasteiger partial charge in [0.05, 0.1) is 6.54 Å². The first-order chi connectivity index (χ1) is 8.95. The van der Waals surface area contributed by atoms with Crippen LogP contribution in [0.4, 0.5) is 0 Å². The van der Waals surface area contributed by atoms with Gasteiger partial charge in [0.2, 0.25) is 6.08 Å². The molecule has 0 radical (unpaired) electrons. The Morgan fingerprint density at radius 2 is 1.58 bits per heavy atom. The fourth-order valence-electron chi connectivity index (χ4n) is 2.17. The minimum Gasteiger partial charge on any atom is -0.392 e. The van der Waals surface area contributed by atoms with Crippen molar-refractivity contribution in [3.63, 3.8) is 0 Å². The van der Waals surface area contributed by atoms with Gasteiger partial charge in [-0.05, 0) is 46.2 Å². The molecule has 0 rings (SSSR count). The Balaban J connectivity index is 4.71. The molecule has 0 aromatic carbocycles. The normalized spacial score (nSPS) is 11.9. The summed E-state index contributed by atoms with van der Waals surface area (Å²) in [6.45, 7) is 10.9. The Labute approximate surface area is 118 Å². The first-order valence-electron chi connectivity index (χ1n) is 7.35. The van der Waals surface area contributed by atoms with Crippen LogP contribution in [-0.4, -0.2) is 33.4 Å². The van der Waals surface area contributed by atoms with Gasteiger partial charge in [-0.25, -0.2) is 9.79 Å². The molecule has 0 aromatic rings. The number of hydrogen-bond donors (Lipinski definition) is 0.